The highest BCUT2D eigenvalue weighted by Gasteiger charge is 2.14. The first-order chi connectivity index (χ1) is 11.7. The average molecular weight is 327 g/mol. The monoisotopic (exact) mass is 327 g/mol. The van der Waals surface area contributed by atoms with Crippen LogP contribution in [-0.2, 0) is 19.4 Å². The van der Waals surface area contributed by atoms with E-state index in [0.717, 1.165) is 36.9 Å². The largest absolute Gasteiger partial charge is 0.496 e. The third-order valence-electron chi connectivity index (χ3n) is 4.23. The minimum Gasteiger partial charge on any atom is -0.496 e. The second-order valence-electron chi connectivity index (χ2n) is 5.84. The fourth-order valence-electron chi connectivity index (χ4n) is 2.96. The van der Waals surface area contributed by atoms with Crippen molar-refractivity contribution >= 4 is 5.91 Å². The number of para-hydroxylation sites is 1. The molecule has 0 spiro atoms. The van der Waals surface area contributed by atoms with E-state index < -0.39 is 0 Å². The number of nitrogens with one attached hydrogen (secondary N) is 1. The number of carbonyl (C=O) groups excluding carboxylic acids is 1. The fraction of sp³-hybridized carbons (Fsp3) is 0.389. The summed E-state index contributed by atoms with van der Waals surface area (Å²) in [5.74, 6) is 0.303. The summed E-state index contributed by atoms with van der Waals surface area (Å²) in [6, 6.07) is 8.73. The van der Waals surface area contributed by atoms with E-state index in [1.807, 2.05) is 6.07 Å². The lowest BCUT2D eigenvalue weighted by atomic mass is 9.97. The Morgan fingerprint density at radius 2 is 2.08 bits per heavy atom. The standard InChI is InChI=1S/C18H21N3O3/c1-24-16-9-5-3-7-14(16)18(23)19-10-11-21-17(22)12-13-6-2-4-8-15(13)20-21/h3,5,7,9,12H,2,4,6,8,10-11H2,1H3,(H,19,23). The zero-order valence-electron chi connectivity index (χ0n) is 13.7. The van der Waals surface area contributed by atoms with Crippen molar-refractivity contribution in [3.8, 4) is 5.75 Å². The molecule has 3 rings (SSSR count). The van der Waals surface area contributed by atoms with Crippen molar-refractivity contribution in [1.82, 2.24) is 15.1 Å². The van der Waals surface area contributed by atoms with Gasteiger partial charge in [-0.25, -0.2) is 4.68 Å². The summed E-state index contributed by atoms with van der Waals surface area (Å²) in [5, 5.41) is 7.26. The van der Waals surface area contributed by atoms with Gasteiger partial charge in [0.2, 0.25) is 0 Å². The van der Waals surface area contributed by atoms with Crippen LogP contribution in [0.3, 0.4) is 0 Å². The predicted molar refractivity (Wildman–Crippen MR) is 90.5 cm³/mol. The van der Waals surface area contributed by atoms with Crippen LogP contribution in [0.5, 0.6) is 5.75 Å². The van der Waals surface area contributed by atoms with Crippen molar-refractivity contribution in [3.05, 3.63) is 57.5 Å². The number of hydrogen-bond donors (Lipinski definition) is 1. The third kappa shape index (κ3) is 3.48. The Morgan fingerprint density at radius 1 is 1.29 bits per heavy atom. The smallest absolute Gasteiger partial charge is 0.267 e. The number of hydrogen-bond acceptors (Lipinski definition) is 4. The third-order valence-corrected chi connectivity index (χ3v) is 4.23. The van der Waals surface area contributed by atoms with Crippen molar-refractivity contribution in [2.45, 2.75) is 32.2 Å². The van der Waals surface area contributed by atoms with Crippen LogP contribution in [0.25, 0.3) is 0 Å². The summed E-state index contributed by atoms with van der Waals surface area (Å²) in [6.07, 6.45) is 4.09. The zero-order chi connectivity index (χ0) is 16.9. The SMILES string of the molecule is COc1ccccc1C(=O)NCCn1nc2c(cc1=O)CCCC2. The molecule has 1 aromatic heterocycles. The van der Waals surface area contributed by atoms with Crippen LogP contribution in [0.4, 0.5) is 0 Å². The minimum atomic E-state index is -0.224. The predicted octanol–water partition coefficient (Wildman–Crippen LogP) is 1.56. The molecule has 0 unspecified atom stereocenters. The second-order valence-corrected chi connectivity index (χ2v) is 5.84. The first kappa shape index (κ1) is 16.2. The van der Waals surface area contributed by atoms with E-state index >= 15 is 0 Å². The Hall–Kier alpha value is -2.63. The molecule has 24 heavy (non-hydrogen) atoms. The van der Waals surface area contributed by atoms with Crippen molar-refractivity contribution in [3.63, 3.8) is 0 Å². The molecule has 1 aliphatic carbocycles. The number of amides is 1. The Balaban J connectivity index is 1.64. The van der Waals surface area contributed by atoms with Crippen molar-refractivity contribution in [2.75, 3.05) is 13.7 Å². The minimum absolute atomic E-state index is 0.109. The Kier molecular flexibility index (Phi) is 4.93. The van der Waals surface area contributed by atoms with Crippen LogP contribution in [-0.4, -0.2) is 29.3 Å². The summed E-state index contributed by atoms with van der Waals surface area (Å²) < 4.78 is 6.62. The summed E-state index contributed by atoms with van der Waals surface area (Å²) >= 11 is 0. The lowest BCUT2D eigenvalue weighted by molar-refractivity contribution is 0.0948. The fourth-order valence-corrected chi connectivity index (χ4v) is 2.96. The van der Waals surface area contributed by atoms with Gasteiger partial charge in [-0.2, -0.15) is 5.10 Å². The molecule has 1 amide bonds. The van der Waals surface area contributed by atoms with E-state index in [2.05, 4.69) is 10.4 Å². The molecule has 6 nitrogen and oxygen atoms in total. The van der Waals surface area contributed by atoms with Crippen LogP contribution in [0, 0.1) is 0 Å². The van der Waals surface area contributed by atoms with E-state index in [4.69, 9.17) is 4.74 Å². The maximum absolute atomic E-state index is 12.2. The molecule has 1 aliphatic rings. The molecule has 0 atom stereocenters. The molecule has 0 aliphatic heterocycles. The number of aryl methyl sites for hydroxylation is 2. The Labute approximate surface area is 140 Å². The highest BCUT2D eigenvalue weighted by molar-refractivity contribution is 5.96. The molecule has 0 bridgehead atoms. The van der Waals surface area contributed by atoms with Gasteiger partial charge in [0.15, 0.2) is 0 Å². The molecule has 0 saturated carbocycles. The first-order valence-electron chi connectivity index (χ1n) is 8.20. The Morgan fingerprint density at radius 3 is 2.92 bits per heavy atom. The molecular weight excluding hydrogens is 306 g/mol. The molecule has 6 heteroatoms. The molecule has 1 heterocycles. The summed E-state index contributed by atoms with van der Waals surface area (Å²) in [5.41, 5.74) is 2.45. The number of ether oxygens (including phenoxy) is 1. The number of carbonyl (C=O) groups is 1. The molecule has 1 N–H and O–H groups in total. The van der Waals surface area contributed by atoms with E-state index in [1.54, 1.807) is 24.3 Å². The van der Waals surface area contributed by atoms with Crippen molar-refractivity contribution in [1.29, 1.82) is 0 Å². The number of benzene rings is 1. The molecule has 126 valence electrons. The highest BCUT2D eigenvalue weighted by atomic mass is 16.5. The van der Waals surface area contributed by atoms with E-state index in [-0.39, 0.29) is 11.5 Å². The molecular formula is C18H21N3O3. The van der Waals surface area contributed by atoms with Gasteiger partial charge in [-0.1, -0.05) is 12.1 Å². The number of aromatic nitrogens is 2. The number of nitrogens with zero attached hydrogens (tertiary/aromatic N) is 2. The van der Waals surface area contributed by atoms with Gasteiger partial charge in [-0.3, -0.25) is 9.59 Å². The van der Waals surface area contributed by atoms with E-state index in [0.29, 0.717) is 24.4 Å². The van der Waals surface area contributed by atoms with Gasteiger partial charge in [0, 0.05) is 12.6 Å². The molecule has 0 radical (unpaired) electrons. The lowest BCUT2D eigenvalue weighted by Crippen LogP contribution is -2.33. The topological polar surface area (TPSA) is 73.2 Å². The second kappa shape index (κ2) is 7.29. The number of rotatable bonds is 5. The van der Waals surface area contributed by atoms with Crippen LogP contribution in [0.15, 0.2) is 35.1 Å². The summed E-state index contributed by atoms with van der Waals surface area (Å²) in [7, 11) is 1.53. The van der Waals surface area contributed by atoms with Crippen LogP contribution in [0.2, 0.25) is 0 Å². The van der Waals surface area contributed by atoms with E-state index in [1.165, 1.54) is 11.8 Å². The lowest BCUT2D eigenvalue weighted by Gasteiger charge is -2.16. The average Bonchev–Trinajstić information content (AvgIpc) is 2.62. The molecule has 1 aromatic carbocycles. The first-order valence-corrected chi connectivity index (χ1v) is 8.20. The van der Waals surface area contributed by atoms with Gasteiger partial charge in [-0.15, -0.1) is 0 Å². The quantitative estimate of drug-likeness (QED) is 0.904. The van der Waals surface area contributed by atoms with Crippen molar-refractivity contribution in [2.24, 2.45) is 0 Å². The van der Waals surface area contributed by atoms with Crippen LogP contribution in [0.1, 0.15) is 34.5 Å². The van der Waals surface area contributed by atoms with Gasteiger partial charge >= 0.3 is 0 Å². The molecule has 0 fully saturated rings. The van der Waals surface area contributed by atoms with Gasteiger partial charge in [-0.05, 0) is 43.4 Å². The maximum atomic E-state index is 12.2. The Bertz CT molecular complexity index is 798. The van der Waals surface area contributed by atoms with Crippen LogP contribution < -0.4 is 15.6 Å². The molecule has 2 aromatic rings. The zero-order valence-corrected chi connectivity index (χ0v) is 13.7. The van der Waals surface area contributed by atoms with Crippen molar-refractivity contribution < 1.29 is 9.53 Å². The van der Waals surface area contributed by atoms with Gasteiger partial charge in [0.25, 0.3) is 11.5 Å². The number of fused-ring (bicyclic) bond motifs is 1. The van der Waals surface area contributed by atoms with Gasteiger partial charge in [0.05, 0.1) is 24.9 Å². The van der Waals surface area contributed by atoms with E-state index in [9.17, 15) is 9.59 Å². The molecule has 0 saturated heterocycles. The summed E-state index contributed by atoms with van der Waals surface area (Å²) in [6.45, 7) is 0.690. The summed E-state index contributed by atoms with van der Waals surface area (Å²) in [4.78, 5) is 24.3. The normalized spacial score (nSPS) is 13.2. The van der Waals surface area contributed by atoms with Gasteiger partial charge < -0.3 is 10.1 Å². The number of methoxy groups -OCH3 is 1. The van der Waals surface area contributed by atoms with Crippen LogP contribution >= 0.6 is 0 Å². The maximum Gasteiger partial charge on any atom is 0.267 e. The highest BCUT2D eigenvalue weighted by Crippen LogP contribution is 2.17. The van der Waals surface area contributed by atoms with Gasteiger partial charge in [0.1, 0.15) is 5.75 Å².